The van der Waals surface area contributed by atoms with Crippen LogP contribution in [-0.2, 0) is 5.75 Å². The third kappa shape index (κ3) is 3.39. The highest BCUT2D eigenvalue weighted by atomic mass is 32.2. The van der Waals surface area contributed by atoms with E-state index in [1.54, 1.807) is 0 Å². The first-order valence-corrected chi connectivity index (χ1v) is 4.75. The van der Waals surface area contributed by atoms with E-state index in [0.717, 1.165) is 18.1 Å². The Morgan fingerprint density at radius 1 is 1.36 bits per heavy atom. The van der Waals surface area contributed by atoms with Crippen LogP contribution in [0.1, 0.15) is 5.56 Å². The van der Waals surface area contributed by atoms with Crippen LogP contribution >= 0.6 is 11.8 Å². The zero-order valence-electron chi connectivity index (χ0n) is 6.36. The second-order valence-electron chi connectivity index (χ2n) is 2.20. The number of aromatic nitrogens is 1. The fourth-order valence-corrected chi connectivity index (χ4v) is 1.49. The largest absolute Gasteiger partial charge is 0.330 e. The van der Waals surface area contributed by atoms with Crippen molar-refractivity contribution in [3.8, 4) is 0 Å². The molecular weight excluding hydrogens is 156 g/mol. The van der Waals surface area contributed by atoms with Crippen molar-refractivity contribution in [2.75, 3.05) is 12.3 Å². The predicted molar refractivity (Wildman–Crippen MR) is 49.5 cm³/mol. The van der Waals surface area contributed by atoms with Gasteiger partial charge in [-0.3, -0.25) is 4.98 Å². The Hall–Kier alpha value is -0.540. The Labute approximate surface area is 71.2 Å². The molecule has 0 saturated heterocycles. The molecule has 1 heterocycles. The summed E-state index contributed by atoms with van der Waals surface area (Å²) < 4.78 is 0. The molecule has 0 amide bonds. The lowest BCUT2D eigenvalue weighted by Crippen LogP contribution is -2.01. The summed E-state index contributed by atoms with van der Waals surface area (Å²) in [6.07, 6.45) is 3.64. The molecule has 1 aromatic rings. The summed E-state index contributed by atoms with van der Waals surface area (Å²) in [5.74, 6) is 2.07. The maximum absolute atomic E-state index is 5.36. The van der Waals surface area contributed by atoms with Gasteiger partial charge in [-0.2, -0.15) is 11.8 Å². The van der Waals surface area contributed by atoms with Crippen molar-refractivity contribution in [1.29, 1.82) is 0 Å². The molecule has 2 N–H and O–H groups in total. The van der Waals surface area contributed by atoms with E-state index in [2.05, 4.69) is 4.98 Å². The first kappa shape index (κ1) is 8.56. The molecule has 0 atom stereocenters. The van der Waals surface area contributed by atoms with Gasteiger partial charge in [0.2, 0.25) is 0 Å². The Bertz CT molecular complexity index is 189. The molecule has 11 heavy (non-hydrogen) atoms. The lowest BCUT2D eigenvalue weighted by molar-refractivity contribution is 1.15. The maximum atomic E-state index is 5.36. The number of rotatable bonds is 4. The molecule has 3 heteroatoms. The van der Waals surface area contributed by atoms with Crippen molar-refractivity contribution >= 4 is 11.8 Å². The molecule has 0 aliphatic rings. The van der Waals surface area contributed by atoms with Crippen LogP contribution < -0.4 is 5.73 Å². The molecule has 0 fully saturated rings. The van der Waals surface area contributed by atoms with E-state index < -0.39 is 0 Å². The zero-order chi connectivity index (χ0) is 7.94. The maximum Gasteiger partial charge on any atom is 0.0270 e. The Kier molecular flexibility index (Phi) is 4.01. The van der Waals surface area contributed by atoms with Crippen molar-refractivity contribution < 1.29 is 0 Å². The van der Waals surface area contributed by atoms with Crippen molar-refractivity contribution in [3.05, 3.63) is 30.1 Å². The van der Waals surface area contributed by atoms with Gasteiger partial charge in [-0.15, -0.1) is 0 Å². The second-order valence-corrected chi connectivity index (χ2v) is 3.30. The molecule has 0 aromatic carbocycles. The minimum absolute atomic E-state index is 0.760. The van der Waals surface area contributed by atoms with Crippen molar-refractivity contribution in [1.82, 2.24) is 4.98 Å². The van der Waals surface area contributed by atoms with E-state index in [-0.39, 0.29) is 0 Å². The summed E-state index contributed by atoms with van der Waals surface area (Å²) >= 11 is 1.85. The van der Waals surface area contributed by atoms with E-state index >= 15 is 0 Å². The summed E-state index contributed by atoms with van der Waals surface area (Å²) in [5, 5.41) is 0. The molecule has 1 rings (SSSR count). The third-order valence-corrected chi connectivity index (χ3v) is 2.34. The van der Waals surface area contributed by atoms with E-state index in [4.69, 9.17) is 5.73 Å². The molecule has 0 radical (unpaired) electrons. The highest BCUT2D eigenvalue weighted by Crippen LogP contribution is 2.09. The monoisotopic (exact) mass is 168 g/mol. The van der Waals surface area contributed by atoms with E-state index in [0.29, 0.717) is 0 Å². The number of hydrogen-bond donors (Lipinski definition) is 1. The molecule has 0 saturated carbocycles. The minimum Gasteiger partial charge on any atom is -0.330 e. The van der Waals surface area contributed by atoms with Gasteiger partial charge in [0.1, 0.15) is 0 Å². The molecule has 0 aliphatic heterocycles. The summed E-state index contributed by atoms with van der Waals surface area (Å²) in [6.45, 7) is 0.760. The highest BCUT2D eigenvalue weighted by Gasteiger charge is 1.89. The highest BCUT2D eigenvalue weighted by molar-refractivity contribution is 7.98. The van der Waals surface area contributed by atoms with Crippen LogP contribution in [0.4, 0.5) is 0 Å². The molecular formula is C8H12N2S. The van der Waals surface area contributed by atoms with Crippen molar-refractivity contribution in [2.45, 2.75) is 5.75 Å². The van der Waals surface area contributed by atoms with Crippen LogP contribution in [0.2, 0.25) is 0 Å². The van der Waals surface area contributed by atoms with E-state index in [1.807, 2.05) is 36.3 Å². The van der Waals surface area contributed by atoms with E-state index in [9.17, 15) is 0 Å². The SMILES string of the molecule is NCCSCc1ccncc1. The number of hydrogen-bond acceptors (Lipinski definition) is 3. The molecule has 0 unspecified atom stereocenters. The summed E-state index contributed by atoms with van der Waals surface area (Å²) in [4.78, 5) is 3.94. The van der Waals surface area contributed by atoms with Gasteiger partial charge in [0.05, 0.1) is 0 Å². The van der Waals surface area contributed by atoms with Crippen LogP contribution in [0, 0.1) is 0 Å². The van der Waals surface area contributed by atoms with Gasteiger partial charge in [0.15, 0.2) is 0 Å². The van der Waals surface area contributed by atoms with Crippen molar-refractivity contribution in [3.63, 3.8) is 0 Å². The van der Waals surface area contributed by atoms with E-state index in [1.165, 1.54) is 5.56 Å². The number of nitrogens with zero attached hydrogens (tertiary/aromatic N) is 1. The fourth-order valence-electron chi connectivity index (χ4n) is 0.752. The minimum atomic E-state index is 0.760. The van der Waals surface area contributed by atoms with Gasteiger partial charge >= 0.3 is 0 Å². The zero-order valence-corrected chi connectivity index (χ0v) is 7.18. The molecule has 0 spiro atoms. The average molecular weight is 168 g/mol. The second kappa shape index (κ2) is 5.16. The van der Waals surface area contributed by atoms with Crippen LogP contribution in [0.3, 0.4) is 0 Å². The molecule has 0 bridgehead atoms. The van der Waals surface area contributed by atoms with Gasteiger partial charge in [0.25, 0.3) is 0 Å². The third-order valence-electron chi connectivity index (χ3n) is 1.28. The van der Waals surface area contributed by atoms with Crippen LogP contribution in [0.25, 0.3) is 0 Å². The quantitative estimate of drug-likeness (QED) is 0.688. The molecule has 2 nitrogen and oxygen atoms in total. The normalized spacial score (nSPS) is 9.91. The van der Waals surface area contributed by atoms with Crippen LogP contribution in [0.15, 0.2) is 24.5 Å². The Morgan fingerprint density at radius 3 is 2.73 bits per heavy atom. The first-order chi connectivity index (χ1) is 5.43. The molecule has 0 aliphatic carbocycles. The van der Waals surface area contributed by atoms with Crippen LogP contribution in [0.5, 0.6) is 0 Å². The molecule has 1 aromatic heterocycles. The number of thioether (sulfide) groups is 1. The first-order valence-electron chi connectivity index (χ1n) is 3.60. The van der Waals surface area contributed by atoms with Crippen LogP contribution in [-0.4, -0.2) is 17.3 Å². The summed E-state index contributed by atoms with van der Waals surface area (Å²) in [5.41, 5.74) is 6.68. The van der Waals surface area contributed by atoms with Gasteiger partial charge in [0, 0.05) is 30.4 Å². The lowest BCUT2D eigenvalue weighted by atomic mass is 10.3. The molecule has 60 valence electrons. The topological polar surface area (TPSA) is 38.9 Å². The summed E-state index contributed by atoms with van der Waals surface area (Å²) in [6, 6.07) is 4.06. The lowest BCUT2D eigenvalue weighted by Gasteiger charge is -1.98. The smallest absolute Gasteiger partial charge is 0.0270 e. The predicted octanol–water partition coefficient (Wildman–Crippen LogP) is 1.27. The van der Waals surface area contributed by atoms with Gasteiger partial charge < -0.3 is 5.73 Å². The van der Waals surface area contributed by atoms with Gasteiger partial charge in [-0.25, -0.2) is 0 Å². The average Bonchev–Trinajstić information content (AvgIpc) is 2.07. The van der Waals surface area contributed by atoms with Gasteiger partial charge in [-0.1, -0.05) is 0 Å². The summed E-state index contributed by atoms with van der Waals surface area (Å²) in [7, 11) is 0. The number of pyridine rings is 1. The number of nitrogens with two attached hydrogens (primary N) is 1. The van der Waals surface area contributed by atoms with Crippen molar-refractivity contribution in [2.24, 2.45) is 5.73 Å². The Morgan fingerprint density at radius 2 is 2.09 bits per heavy atom. The van der Waals surface area contributed by atoms with Gasteiger partial charge in [-0.05, 0) is 17.7 Å². The standard InChI is InChI=1S/C8H12N2S/c9-3-6-11-7-8-1-4-10-5-2-8/h1-2,4-5H,3,6-7,9H2. The Balaban J connectivity index is 2.28. The fraction of sp³-hybridized carbons (Fsp3) is 0.375.